The molecule has 0 fully saturated rings. The lowest BCUT2D eigenvalue weighted by Crippen LogP contribution is -2.24. The van der Waals surface area contributed by atoms with E-state index in [1.807, 2.05) is 25.1 Å². The van der Waals surface area contributed by atoms with Crippen molar-refractivity contribution in [3.05, 3.63) is 41.6 Å². The average Bonchev–Trinajstić information content (AvgIpc) is 2.28. The summed E-state index contributed by atoms with van der Waals surface area (Å²) in [6.07, 6.45) is -0.316. The fourth-order valence-electron chi connectivity index (χ4n) is 1.96. The molecule has 0 aliphatic carbocycles. The van der Waals surface area contributed by atoms with E-state index in [0.29, 0.717) is 6.54 Å². The third-order valence-electron chi connectivity index (χ3n) is 2.69. The first kappa shape index (κ1) is 12.0. The molecule has 1 aromatic carbocycles. The number of hydrogen-bond acceptors (Lipinski definition) is 3. The summed E-state index contributed by atoms with van der Waals surface area (Å²) in [5, 5.41) is 13.6. The molecular formula is C14H18N2O. The molecule has 1 atom stereocenters. The minimum atomic E-state index is -0.316. The van der Waals surface area contributed by atoms with E-state index in [9.17, 15) is 5.11 Å². The number of nitrogens with one attached hydrogen (secondary N) is 1. The van der Waals surface area contributed by atoms with E-state index >= 15 is 0 Å². The van der Waals surface area contributed by atoms with Crippen LogP contribution >= 0.6 is 0 Å². The number of nitrogens with zero attached hydrogens (tertiary/aromatic N) is 1. The molecule has 2 rings (SSSR count). The van der Waals surface area contributed by atoms with Crippen molar-refractivity contribution in [1.29, 1.82) is 0 Å². The summed E-state index contributed by atoms with van der Waals surface area (Å²) >= 11 is 0. The largest absolute Gasteiger partial charge is 0.392 e. The number of benzene rings is 1. The highest BCUT2D eigenvalue weighted by atomic mass is 16.3. The van der Waals surface area contributed by atoms with E-state index in [4.69, 9.17) is 0 Å². The van der Waals surface area contributed by atoms with Gasteiger partial charge in [-0.15, -0.1) is 0 Å². The maximum absolute atomic E-state index is 9.22. The highest BCUT2D eigenvalue weighted by Crippen LogP contribution is 2.17. The van der Waals surface area contributed by atoms with Crippen molar-refractivity contribution in [2.45, 2.75) is 26.5 Å². The Bertz CT molecular complexity index is 509. The molecule has 0 saturated carbocycles. The van der Waals surface area contributed by atoms with E-state index in [-0.39, 0.29) is 6.10 Å². The summed E-state index contributed by atoms with van der Waals surface area (Å²) in [6.45, 7) is 5.15. The first-order valence-corrected chi connectivity index (χ1v) is 5.91. The highest BCUT2D eigenvalue weighted by Gasteiger charge is 2.03. The zero-order chi connectivity index (χ0) is 12.3. The number of aliphatic hydroxyl groups excluding tert-OH is 1. The second kappa shape index (κ2) is 5.25. The molecule has 2 N–H and O–H groups in total. The van der Waals surface area contributed by atoms with Gasteiger partial charge in [0.25, 0.3) is 0 Å². The monoisotopic (exact) mass is 230 g/mol. The van der Waals surface area contributed by atoms with Gasteiger partial charge >= 0.3 is 0 Å². The van der Waals surface area contributed by atoms with Crippen LogP contribution in [0.5, 0.6) is 0 Å². The lowest BCUT2D eigenvalue weighted by molar-refractivity contribution is 0.191. The van der Waals surface area contributed by atoms with E-state index in [2.05, 4.69) is 22.4 Å². The van der Waals surface area contributed by atoms with Crippen molar-refractivity contribution in [1.82, 2.24) is 10.3 Å². The Labute approximate surface area is 102 Å². The molecule has 0 amide bonds. The van der Waals surface area contributed by atoms with Crippen LogP contribution in [0.25, 0.3) is 10.9 Å². The van der Waals surface area contributed by atoms with Gasteiger partial charge in [0.1, 0.15) is 0 Å². The van der Waals surface area contributed by atoms with Crippen LogP contribution in [0.4, 0.5) is 0 Å². The molecule has 3 nitrogen and oxygen atoms in total. The normalized spacial score (nSPS) is 12.9. The van der Waals surface area contributed by atoms with Gasteiger partial charge in [-0.1, -0.05) is 18.2 Å². The minimum Gasteiger partial charge on any atom is -0.392 e. The molecule has 1 heterocycles. The molecule has 0 spiro atoms. The number of pyridine rings is 1. The summed E-state index contributed by atoms with van der Waals surface area (Å²) in [4.78, 5) is 4.50. The lowest BCUT2D eigenvalue weighted by atomic mass is 10.1. The molecule has 1 unspecified atom stereocenters. The third-order valence-corrected chi connectivity index (χ3v) is 2.69. The minimum absolute atomic E-state index is 0.316. The molecule has 0 saturated heterocycles. The van der Waals surface area contributed by atoms with Crippen molar-refractivity contribution in [3.8, 4) is 0 Å². The van der Waals surface area contributed by atoms with Crippen LogP contribution < -0.4 is 5.32 Å². The first-order valence-electron chi connectivity index (χ1n) is 5.91. The zero-order valence-corrected chi connectivity index (χ0v) is 10.3. The first-order chi connectivity index (χ1) is 8.16. The number of aryl methyl sites for hydroxylation is 1. The second-order valence-electron chi connectivity index (χ2n) is 4.42. The number of fused-ring (bicyclic) bond motifs is 1. The van der Waals surface area contributed by atoms with Crippen molar-refractivity contribution in [2.24, 2.45) is 0 Å². The van der Waals surface area contributed by atoms with Gasteiger partial charge in [-0.2, -0.15) is 0 Å². The summed E-state index contributed by atoms with van der Waals surface area (Å²) in [7, 11) is 0. The van der Waals surface area contributed by atoms with E-state index < -0.39 is 0 Å². The maximum Gasteiger partial charge on any atom is 0.0708 e. The van der Waals surface area contributed by atoms with Gasteiger partial charge in [-0.3, -0.25) is 4.98 Å². The number of aromatic nitrogens is 1. The fourth-order valence-corrected chi connectivity index (χ4v) is 1.96. The molecule has 0 aliphatic heterocycles. The molecule has 2 aromatic rings. The number of rotatable bonds is 4. The van der Waals surface area contributed by atoms with Crippen LogP contribution in [0.1, 0.15) is 18.2 Å². The SMILES string of the molecule is Cc1cc(CNCC(C)O)c2ccccc2n1. The molecule has 17 heavy (non-hydrogen) atoms. The average molecular weight is 230 g/mol. The summed E-state index contributed by atoms with van der Waals surface area (Å²) in [5.41, 5.74) is 3.28. The van der Waals surface area contributed by atoms with Crippen molar-refractivity contribution in [3.63, 3.8) is 0 Å². The van der Waals surface area contributed by atoms with E-state index in [1.165, 1.54) is 10.9 Å². The highest BCUT2D eigenvalue weighted by molar-refractivity contribution is 5.82. The Morgan fingerprint density at radius 3 is 2.88 bits per heavy atom. The van der Waals surface area contributed by atoms with E-state index in [1.54, 1.807) is 6.92 Å². The Kier molecular flexibility index (Phi) is 3.71. The Hall–Kier alpha value is -1.45. The van der Waals surface area contributed by atoms with Gasteiger partial charge < -0.3 is 10.4 Å². The Morgan fingerprint density at radius 2 is 2.12 bits per heavy atom. The van der Waals surface area contributed by atoms with E-state index in [0.717, 1.165) is 17.8 Å². The van der Waals surface area contributed by atoms with Crippen LogP contribution in [0, 0.1) is 6.92 Å². The third kappa shape index (κ3) is 3.02. The van der Waals surface area contributed by atoms with Gasteiger partial charge in [0.05, 0.1) is 11.6 Å². The molecule has 0 radical (unpaired) electrons. The van der Waals surface area contributed by atoms with Gasteiger partial charge in [0.15, 0.2) is 0 Å². The topological polar surface area (TPSA) is 45.1 Å². The Morgan fingerprint density at radius 1 is 1.35 bits per heavy atom. The van der Waals surface area contributed by atoms with Gasteiger partial charge in [0, 0.05) is 24.2 Å². The zero-order valence-electron chi connectivity index (χ0n) is 10.3. The predicted molar refractivity (Wildman–Crippen MR) is 69.9 cm³/mol. The van der Waals surface area contributed by atoms with Crippen LogP contribution in [0.3, 0.4) is 0 Å². The van der Waals surface area contributed by atoms with Crippen molar-refractivity contribution in [2.75, 3.05) is 6.54 Å². The standard InChI is InChI=1S/C14H18N2O/c1-10-7-12(9-15-8-11(2)17)13-5-3-4-6-14(13)16-10/h3-7,11,15,17H,8-9H2,1-2H3. The predicted octanol–water partition coefficient (Wildman–Crippen LogP) is 2.01. The van der Waals surface area contributed by atoms with Gasteiger partial charge in [0.2, 0.25) is 0 Å². The van der Waals surface area contributed by atoms with Crippen LogP contribution in [-0.4, -0.2) is 22.7 Å². The van der Waals surface area contributed by atoms with Crippen molar-refractivity contribution < 1.29 is 5.11 Å². The fraction of sp³-hybridized carbons (Fsp3) is 0.357. The molecule has 0 bridgehead atoms. The summed E-state index contributed by atoms with van der Waals surface area (Å²) in [5.74, 6) is 0. The van der Waals surface area contributed by atoms with Crippen LogP contribution in [0.15, 0.2) is 30.3 Å². The summed E-state index contributed by atoms with van der Waals surface area (Å²) in [6, 6.07) is 10.2. The molecule has 1 aromatic heterocycles. The lowest BCUT2D eigenvalue weighted by Gasteiger charge is -2.10. The maximum atomic E-state index is 9.22. The number of aliphatic hydroxyl groups is 1. The molecular weight excluding hydrogens is 212 g/mol. The van der Waals surface area contributed by atoms with Crippen molar-refractivity contribution >= 4 is 10.9 Å². The molecule has 0 aliphatic rings. The molecule has 3 heteroatoms. The van der Waals surface area contributed by atoms with Crippen LogP contribution in [0.2, 0.25) is 0 Å². The van der Waals surface area contributed by atoms with Crippen LogP contribution in [-0.2, 0) is 6.54 Å². The summed E-state index contributed by atoms with van der Waals surface area (Å²) < 4.78 is 0. The van der Waals surface area contributed by atoms with Gasteiger partial charge in [-0.25, -0.2) is 0 Å². The quantitative estimate of drug-likeness (QED) is 0.844. The van der Waals surface area contributed by atoms with Gasteiger partial charge in [-0.05, 0) is 31.5 Å². The Balaban J connectivity index is 2.26. The number of para-hydroxylation sites is 1. The second-order valence-corrected chi connectivity index (χ2v) is 4.42. The smallest absolute Gasteiger partial charge is 0.0708 e. The number of hydrogen-bond donors (Lipinski definition) is 2. The molecule has 90 valence electrons.